The molecule has 0 atom stereocenters. The Morgan fingerprint density at radius 2 is 1.96 bits per heavy atom. The van der Waals surface area contributed by atoms with Gasteiger partial charge < -0.3 is 9.15 Å². The second-order valence-electron chi connectivity index (χ2n) is 5.08. The quantitative estimate of drug-likeness (QED) is 0.769. The molecule has 2 heterocycles. The fourth-order valence-electron chi connectivity index (χ4n) is 2.14. The molecule has 0 N–H and O–H groups in total. The van der Waals surface area contributed by atoms with Crippen LogP contribution in [0.5, 0.6) is 5.75 Å². The number of aryl methyl sites for hydroxylation is 1. The smallest absolute Gasteiger partial charge is 0.293 e. The molecule has 0 radical (unpaired) electrons. The number of ether oxygens (including phenoxy) is 1. The summed E-state index contributed by atoms with van der Waals surface area (Å²) in [6.07, 6.45) is 1.55. The summed E-state index contributed by atoms with van der Waals surface area (Å²) in [7, 11) is 0. The third kappa shape index (κ3) is 3.68. The molecule has 7 heteroatoms. The van der Waals surface area contributed by atoms with Gasteiger partial charge in [-0.1, -0.05) is 0 Å². The number of thioether (sulfide) groups is 1. The lowest BCUT2D eigenvalue weighted by Crippen LogP contribution is -2.32. The van der Waals surface area contributed by atoms with Gasteiger partial charge in [-0.25, -0.2) is 4.39 Å². The molecule has 1 fully saturated rings. The SMILES string of the molecule is Cc1ccc(/C=C2\SC(=O)N(CCOc3ccc(F)cc3)C2=O)o1. The molecule has 0 unspecified atom stereocenters. The largest absolute Gasteiger partial charge is 0.492 e. The van der Waals surface area contributed by atoms with Gasteiger partial charge in [0.25, 0.3) is 11.1 Å². The lowest BCUT2D eigenvalue weighted by Gasteiger charge is -2.13. The van der Waals surface area contributed by atoms with Gasteiger partial charge in [0, 0.05) is 6.08 Å². The van der Waals surface area contributed by atoms with Crippen molar-refractivity contribution in [2.75, 3.05) is 13.2 Å². The van der Waals surface area contributed by atoms with Crippen LogP contribution in [-0.4, -0.2) is 29.2 Å². The number of hydrogen-bond acceptors (Lipinski definition) is 5. The molecular weight excluding hydrogens is 333 g/mol. The Morgan fingerprint density at radius 3 is 2.62 bits per heavy atom. The van der Waals surface area contributed by atoms with Gasteiger partial charge in [-0.15, -0.1) is 0 Å². The molecule has 0 bridgehead atoms. The summed E-state index contributed by atoms with van der Waals surface area (Å²) in [6.45, 7) is 2.06. The van der Waals surface area contributed by atoms with Gasteiger partial charge in [-0.2, -0.15) is 0 Å². The van der Waals surface area contributed by atoms with E-state index in [2.05, 4.69) is 0 Å². The van der Waals surface area contributed by atoms with E-state index in [1.807, 2.05) is 0 Å². The van der Waals surface area contributed by atoms with Crippen molar-refractivity contribution in [3.63, 3.8) is 0 Å². The molecule has 2 aromatic rings. The highest BCUT2D eigenvalue weighted by molar-refractivity contribution is 8.18. The van der Waals surface area contributed by atoms with Crippen LogP contribution < -0.4 is 4.74 Å². The standard InChI is InChI=1S/C17H14FNO4S/c1-11-2-5-14(23-11)10-15-16(20)19(17(21)24-15)8-9-22-13-6-3-12(18)4-7-13/h2-7,10H,8-9H2,1H3/b15-10-. The molecule has 3 rings (SSSR count). The highest BCUT2D eigenvalue weighted by Gasteiger charge is 2.35. The number of carbonyl (C=O) groups excluding carboxylic acids is 2. The number of hydrogen-bond donors (Lipinski definition) is 0. The number of halogens is 1. The molecule has 0 spiro atoms. The van der Waals surface area contributed by atoms with Gasteiger partial charge >= 0.3 is 0 Å². The summed E-state index contributed by atoms with van der Waals surface area (Å²) in [5.74, 6) is 1.01. The first kappa shape index (κ1) is 16.3. The molecule has 0 saturated carbocycles. The zero-order valence-corrected chi connectivity index (χ0v) is 13.6. The van der Waals surface area contributed by atoms with Crippen molar-refractivity contribution < 1.29 is 23.1 Å². The molecule has 1 aromatic carbocycles. The Morgan fingerprint density at radius 1 is 1.21 bits per heavy atom. The topological polar surface area (TPSA) is 59.8 Å². The summed E-state index contributed by atoms with van der Waals surface area (Å²) in [5.41, 5.74) is 0. The molecule has 24 heavy (non-hydrogen) atoms. The minimum atomic E-state index is -0.373. The number of furan rings is 1. The van der Waals surface area contributed by atoms with E-state index in [0.717, 1.165) is 22.4 Å². The summed E-state index contributed by atoms with van der Waals surface area (Å²) in [5, 5.41) is -0.350. The maximum Gasteiger partial charge on any atom is 0.293 e. The average molecular weight is 347 g/mol. The van der Waals surface area contributed by atoms with Gasteiger partial charge in [-0.05, 0) is 55.1 Å². The van der Waals surface area contributed by atoms with Crippen molar-refractivity contribution in [1.82, 2.24) is 4.90 Å². The first-order chi connectivity index (χ1) is 11.5. The number of rotatable bonds is 5. The number of imide groups is 1. The van der Waals surface area contributed by atoms with Crippen molar-refractivity contribution in [2.45, 2.75) is 6.92 Å². The van der Waals surface area contributed by atoms with Crippen molar-refractivity contribution in [3.8, 4) is 5.75 Å². The molecule has 5 nitrogen and oxygen atoms in total. The minimum Gasteiger partial charge on any atom is -0.492 e. The monoisotopic (exact) mass is 347 g/mol. The van der Waals surface area contributed by atoms with E-state index >= 15 is 0 Å². The number of benzene rings is 1. The first-order valence-electron chi connectivity index (χ1n) is 7.23. The highest BCUT2D eigenvalue weighted by Crippen LogP contribution is 2.32. The fourth-order valence-corrected chi connectivity index (χ4v) is 2.98. The van der Waals surface area contributed by atoms with Crippen molar-refractivity contribution in [3.05, 3.63) is 58.6 Å². The van der Waals surface area contributed by atoms with Crippen molar-refractivity contribution >= 4 is 29.0 Å². The molecule has 1 saturated heterocycles. The van der Waals surface area contributed by atoms with E-state index < -0.39 is 0 Å². The minimum absolute atomic E-state index is 0.122. The lowest BCUT2D eigenvalue weighted by molar-refractivity contribution is -0.123. The summed E-state index contributed by atoms with van der Waals surface area (Å²) >= 11 is 0.867. The second kappa shape index (κ2) is 6.92. The average Bonchev–Trinajstić information content (AvgIpc) is 3.07. The Hall–Kier alpha value is -2.54. The summed E-state index contributed by atoms with van der Waals surface area (Å²) in [6, 6.07) is 9.06. The van der Waals surface area contributed by atoms with E-state index in [4.69, 9.17) is 9.15 Å². The number of amides is 2. The zero-order valence-electron chi connectivity index (χ0n) is 12.8. The van der Waals surface area contributed by atoms with E-state index in [0.29, 0.717) is 16.4 Å². The van der Waals surface area contributed by atoms with Crippen LogP contribution in [0.25, 0.3) is 6.08 Å². The van der Waals surface area contributed by atoms with Crippen molar-refractivity contribution in [1.29, 1.82) is 0 Å². The third-order valence-electron chi connectivity index (χ3n) is 3.31. The lowest BCUT2D eigenvalue weighted by atomic mass is 10.3. The van der Waals surface area contributed by atoms with Crippen LogP contribution in [-0.2, 0) is 4.79 Å². The first-order valence-corrected chi connectivity index (χ1v) is 8.05. The zero-order chi connectivity index (χ0) is 17.1. The van der Waals surface area contributed by atoms with Crippen LogP contribution in [0.2, 0.25) is 0 Å². The van der Waals surface area contributed by atoms with Crippen LogP contribution in [0.4, 0.5) is 9.18 Å². The Labute approximate surface area is 142 Å². The van der Waals surface area contributed by atoms with Gasteiger partial charge in [0.1, 0.15) is 29.7 Å². The fraction of sp³-hybridized carbons (Fsp3) is 0.176. The van der Waals surface area contributed by atoms with Crippen LogP contribution in [0.1, 0.15) is 11.5 Å². The van der Waals surface area contributed by atoms with Gasteiger partial charge in [0.2, 0.25) is 0 Å². The predicted octanol–water partition coefficient (Wildman–Crippen LogP) is 3.84. The van der Waals surface area contributed by atoms with E-state index in [1.54, 1.807) is 25.1 Å². The van der Waals surface area contributed by atoms with Gasteiger partial charge in [-0.3, -0.25) is 14.5 Å². The van der Waals surface area contributed by atoms with Crippen LogP contribution in [0, 0.1) is 12.7 Å². The Kier molecular flexibility index (Phi) is 4.71. The predicted molar refractivity (Wildman–Crippen MR) is 88.0 cm³/mol. The third-order valence-corrected chi connectivity index (χ3v) is 4.21. The second-order valence-corrected chi connectivity index (χ2v) is 6.08. The van der Waals surface area contributed by atoms with Gasteiger partial charge in [0.05, 0.1) is 11.4 Å². The Bertz CT molecular complexity index is 797. The highest BCUT2D eigenvalue weighted by atomic mass is 32.2. The molecule has 1 aliphatic heterocycles. The maximum absolute atomic E-state index is 12.8. The molecular formula is C17H14FNO4S. The number of carbonyl (C=O) groups is 2. The molecule has 0 aliphatic carbocycles. The normalized spacial score (nSPS) is 16.2. The van der Waals surface area contributed by atoms with Crippen LogP contribution in [0.3, 0.4) is 0 Å². The van der Waals surface area contributed by atoms with Crippen LogP contribution in [0.15, 0.2) is 45.7 Å². The molecule has 2 amide bonds. The van der Waals surface area contributed by atoms with Crippen LogP contribution >= 0.6 is 11.8 Å². The summed E-state index contributed by atoms with van der Waals surface area (Å²) in [4.78, 5) is 25.7. The summed E-state index contributed by atoms with van der Waals surface area (Å²) < 4.78 is 23.6. The van der Waals surface area contributed by atoms with E-state index in [9.17, 15) is 14.0 Å². The van der Waals surface area contributed by atoms with E-state index in [1.165, 1.54) is 24.3 Å². The number of nitrogens with zero attached hydrogens (tertiary/aromatic N) is 1. The van der Waals surface area contributed by atoms with E-state index in [-0.39, 0.29) is 30.1 Å². The Balaban J connectivity index is 1.60. The maximum atomic E-state index is 12.8. The molecule has 1 aromatic heterocycles. The molecule has 1 aliphatic rings. The van der Waals surface area contributed by atoms with Crippen molar-refractivity contribution in [2.24, 2.45) is 0 Å². The molecule has 124 valence electrons. The van der Waals surface area contributed by atoms with Gasteiger partial charge in [0.15, 0.2) is 0 Å².